The van der Waals surface area contributed by atoms with E-state index in [0.717, 1.165) is 0 Å². The lowest BCUT2D eigenvalue weighted by molar-refractivity contribution is -0.126. The van der Waals surface area contributed by atoms with Gasteiger partial charge in [0.25, 0.3) is 11.5 Å². The van der Waals surface area contributed by atoms with E-state index in [1.807, 2.05) is 26.8 Å². The number of carbonyl (C=O) groups is 1. The molecule has 1 aliphatic rings. The van der Waals surface area contributed by atoms with Gasteiger partial charge in [0, 0.05) is 43.4 Å². The van der Waals surface area contributed by atoms with E-state index < -0.39 is 5.56 Å². The van der Waals surface area contributed by atoms with Gasteiger partial charge in [0.2, 0.25) is 5.95 Å². The molecule has 2 aromatic heterocycles. The molecule has 11 nitrogen and oxygen atoms in total. The van der Waals surface area contributed by atoms with E-state index in [-0.39, 0.29) is 57.3 Å². The molecule has 1 aromatic carbocycles. The van der Waals surface area contributed by atoms with Gasteiger partial charge in [-0.25, -0.2) is 4.98 Å². The minimum Gasteiger partial charge on any atom is -0.495 e. The number of pyridine rings is 1. The highest BCUT2D eigenvalue weighted by Crippen LogP contribution is 2.45. The van der Waals surface area contributed by atoms with Gasteiger partial charge in [0.05, 0.1) is 49.1 Å². The Morgan fingerprint density at radius 3 is 2.47 bits per heavy atom. The smallest absolute Gasteiger partial charge is 0.264 e. The third kappa shape index (κ3) is 6.88. The fraction of sp³-hybridized carbons (Fsp3) is 0.433. The molecule has 1 saturated heterocycles. The molecular weight excluding hydrogens is 595 g/mol. The first-order valence-electron chi connectivity index (χ1n) is 13.6. The highest BCUT2D eigenvalue weighted by atomic mass is 35.5. The molecule has 1 fully saturated rings. The number of nitriles is 1. The third-order valence-corrected chi connectivity index (χ3v) is 7.67. The number of rotatable bonds is 9. The predicted octanol–water partition coefficient (Wildman–Crippen LogP) is 4.94. The van der Waals surface area contributed by atoms with Crippen molar-refractivity contribution < 1.29 is 19.0 Å². The van der Waals surface area contributed by atoms with Crippen LogP contribution in [0.25, 0.3) is 22.2 Å². The number of halogens is 2. The van der Waals surface area contributed by atoms with Crippen LogP contribution in [0.1, 0.15) is 27.2 Å². The van der Waals surface area contributed by atoms with E-state index in [1.165, 1.54) is 18.8 Å². The zero-order chi connectivity index (χ0) is 31.5. The number of hydrogen-bond donors (Lipinski definition) is 1. The number of methoxy groups -OCH3 is 2. The largest absolute Gasteiger partial charge is 0.495 e. The zero-order valence-electron chi connectivity index (χ0n) is 25.0. The Labute approximate surface area is 260 Å². The van der Waals surface area contributed by atoms with Gasteiger partial charge in [-0.1, -0.05) is 50.0 Å². The van der Waals surface area contributed by atoms with Crippen LogP contribution >= 0.6 is 23.2 Å². The number of anilines is 1. The highest BCUT2D eigenvalue weighted by Gasteiger charge is 2.30. The fourth-order valence-corrected chi connectivity index (χ4v) is 5.60. The molecule has 3 aromatic rings. The molecule has 1 aliphatic heterocycles. The Morgan fingerprint density at radius 1 is 1.21 bits per heavy atom. The van der Waals surface area contributed by atoms with Crippen molar-refractivity contribution in [3.63, 3.8) is 0 Å². The van der Waals surface area contributed by atoms with Crippen LogP contribution in [0.4, 0.5) is 5.95 Å². The van der Waals surface area contributed by atoms with Crippen LogP contribution in [0.3, 0.4) is 0 Å². The molecule has 3 heterocycles. The number of aromatic nitrogens is 3. The van der Waals surface area contributed by atoms with Crippen LogP contribution in [-0.4, -0.2) is 72.4 Å². The summed E-state index contributed by atoms with van der Waals surface area (Å²) in [6, 6.07) is 5.22. The SMILES string of the molecule is CNc1ncc2cc(-c3c(Cl)c(OC)cc(OC)c3Cl)c(=O)n(CCOC3CCN(C(=O)/C(C#N)=C/C(C)(C)C)C3)c2n1. The molecular formula is C30H34Cl2N6O5. The van der Waals surface area contributed by atoms with Gasteiger partial charge in [0.1, 0.15) is 28.8 Å². The van der Waals surface area contributed by atoms with Crippen molar-refractivity contribution in [2.75, 3.05) is 46.3 Å². The second kappa shape index (κ2) is 13.2. The molecule has 0 spiro atoms. The molecule has 13 heteroatoms. The number of fused-ring (bicyclic) bond motifs is 1. The van der Waals surface area contributed by atoms with Gasteiger partial charge in [-0.3, -0.25) is 14.2 Å². The van der Waals surface area contributed by atoms with Crippen LogP contribution in [0, 0.1) is 16.7 Å². The molecule has 0 saturated carbocycles. The van der Waals surface area contributed by atoms with Gasteiger partial charge in [-0.2, -0.15) is 10.2 Å². The third-order valence-electron chi connectivity index (χ3n) is 6.92. The molecule has 0 bridgehead atoms. The molecule has 1 unspecified atom stereocenters. The van der Waals surface area contributed by atoms with E-state index in [4.69, 9.17) is 37.4 Å². The van der Waals surface area contributed by atoms with Crippen molar-refractivity contribution in [2.24, 2.45) is 5.41 Å². The first-order chi connectivity index (χ1) is 20.4. The Balaban J connectivity index is 1.64. The number of hydrogen-bond acceptors (Lipinski definition) is 9. The topological polar surface area (TPSA) is 132 Å². The van der Waals surface area contributed by atoms with Crippen LogP contribution in [0.2, 0.25) is 10.0 Å². The van der Waals surface area contributed by atoms with E-state index in [2.05, 4.69) is 15.3 Å². The molecule has 1 N–H and O–H groups in total. The van der Waals surface area contributed by atoms with Crippen molar-refractivity contribution in [1.82, 2.24) is 19.4 Å². The van der Waals surface area contributed by atoms with Gasteiger partial charge in [-0.05, 0) is 17.9 Å². The van der Waals surface area contributed by atoms with Crippen LogP contribution in [0.5, 0.6) is 11.5 Å². The summed E-state index contributed by atoms with van der Waals surface area (Å²) in [7, 11) is 4.60. The van der Waals surface area contributed by atoms with E-state index >= 15 is 0 Å². The summed E-state index contributed by atoms with van der Waals surface area (Å²) in [6.07, 6.45) is 3.64. The average Bonchev–Trinajstić information content (AvgIpc) is 3.45. The van der Waals surface area contributed by atoms with Crippen LogP contribution in [0.15, 0.2) is 34.8 Å². The maximum Gasteiger partial charge on any atom is 0.264 e. The quantitative estimate of drug-likeness (QED) is 0.258. The highest BCUT2D eigenvalue weighted by molar-refractivity contribution is 6.41. The first-order valence-corrected chi connectivity index (χ1v) is 14.4. The van der Waals surface area contributed by atoms with Gasteiger partial charge < -0.3 is 24.4 Å². The number of nitrogens with zero attached hydrogens (tertiary/aromatic N) is 5. The molecule has 1 atom stereocenters. The maximum atomic E-state index is 14.0. The molecule has 0 aliphatic carbocycles. The number of likely N-dealkylation sites (tertiary alicyclic amines) is 1. The van der Waals surface area contributed by atoms with Crippen molar-refractivity contribution in [3.05, 3.63) is 50.4 Å². The van der Waals surface area contributed by atoms with E-state index in [9.17, 15) is 14.9 Å². The fourth-order valence-electron chi connectivity index (χ4n) is 4.89. The summed E-state index contributed by atoms with van der Waals surface area (Å²) in [4.78, 5) is 37.4. The molecule has 4 rings (SSSR count). The van der Waals surface area contributed by atoms with Gasteiger partial charge >= 0.3 is 0 Å². The minimum absolute atomic E-state index is 0.120. The second-order valence-corrected chi connectivity index (χ2v) is 11.8. The predicted molar refractivity (Wildman–Crippen MR) is 166 cm³/mol. The Morgan fingerprint density at radius 2 is 1.88 bits per heavy atom. The van der Waals surface area contributed by atoms with E-state index in [1.54, 1.807) is 36.4 Å². The normalized spacial score (nSPS) is 15.5. The Bertz CT molecular complexity index is 1650. The summed E-state index contributed by atoms with van der Waals surface area (Å²) in [5.41, 5.74) is 0.295. The standard InChI is InChI=1S/C30H34Cl2N6O5/c1-30(2,3)13-18(14-33)27(39)37-8-7-19(16-37)43-10-9-38-26-17(15-35-29(34-4)36-26)11-20(28(38)40)23-24(31)21(41-5)12-22(42-6)25(23)32/h11-13,15,19H,7-10,16H2,1-6H3,(H,34,35,36)/b18-13+. The number of nitrogens with one attached hydrogen (secondary N) is 1. The van der Waals surface area contributed by atoms with Crippen LogP contribution < -0.4 is 20.3 Å². The summed E-state index contributed by atoms with van der Waals surface area (Å²) in [5.74, 6) is 0.629. The molecule has 0 radical (unpaired) electrons. The van der Waals surface area contributed by atoms with Crippen LogP contribution in [-0.2, 0) is 16.1 Å². The number of amides is 1. The van der Waals surface area contributed by atoms with Gasteiger partial charge in [-0.15, -0.1) is 0 Å². The average molecular weight is 630 g/mol. The monoisotopic (exact) mass is 628 g/mol. The summed E-state index contributed by atoms with van der Waals surface area (Å²) < 4.78 is 18.4. The maximum absolute atomic E-state index is 14.0. The van der Waals surface area contributed by atoms with Crippen molar-refractivity contribution in [1.29, 1.82) is 5.26 Å². The molecule has 43 heavy (non-hydrogen) atoms. The lowest BCUT2D eigenvalue weighted by Crippen LogP contribution is -2.32. The summed E-state index contributed by atoms with van der Waals surface area (Å²) >= 11 is 13.3. The zero-order valence-corrected chi connectivity index (χ0v) is 26.5. The van der Waals surface area contributed by atoms with Crippen molar-refractivity contribution in [2.45, 2.75) is 39.8 Å². The van der Waals surface area contributed by atoms with Crippen molar-refractivity contribution in [3.8, 4) is 28.7 Å². The number of ether oxygens (including phenoxy) is 3. The van der Waals surface area contributed by atoms with E-state index in [0.29, 0.717) is 48.0 Å². The summed E-state index contributed by atoms with van der Waals surface area (Å²) in [6.45, 7) is 6.94. The summed E-state index contributed by atoms with van der Waals surface area (Å²) in [5, 5.41) is 13.3. The Hall–Kier alpha value is -3.85. The Kier molecular flexibility index (Phi) is 9.85. The lowest BCUT2D eigenvalue weighted by Gasteiger charge is -2.19. The lowest BCUT2D eigenvalue weighted by atomic mass is 9.93. The van der Waals surface area contributed by atoms with Crippen molar-refractivity contribution >= 4 is 46.1 Å². The number of carbonyl (C=O) groups excluding carboxylic acids is 1. The molecule has 1 amide bonds. The molecule has 228 valence electrons. The number of allylic oxidation sites excluding steroid dienone is 1. The second-order valence-electron chi connectivity index (χ2n) is 11.1. The minimum atomic E-state index is -0.398. The first kappa shape index (κ1) is 32.1. The van der Waals surface area contributed by atoms with Gasteiger partial charge in [0.15, 0.2) is 0 Å². The number of benzene rings is 1.